The number of esters is 2. The minimum atomic E-state index is -0.130. The highest BCUT2D eigenvalue weighted by atomic mass is 16.5. The van der Waals surface area contributed by atoms with Gasteiger partial charge in [-0.15, -0.1) is 10.2 Å². The van der Waals surface area contributed by atoms with Crippen molar-refractivity contribution in [1.82, 2.24) is 10.2 Å². The Morgan fingerprint density at radius 3 is 1.33 bits per heavy atom. The summed E-state index contributed by atoms with van der Waals surface area (Å²) in [5.74, 6) is 3.04. The molecule has 0 aliphatic heterocycles. The highest BCUT2D eigenvalue weighted by Crippen LogP contribution is 2.35. The fourth-order valence-corrected chi connectivity index (χ4v) is 6.93. The third-order valence-electron chi connectivity index (χ3n) is 9.86. The van der Waals surface area contributed by atoms with E-state index in [1.807, 2.05) is 24.3 Å². The lowest BCUT2D eigenvalue weighted by atomic mass is 9.80. The van der Waals surface area contributed by atoms with E-state index in [4.69, 9.17) is 13.9 Å². The molecule has 1 aromatic heterocycles. The molecule has 7 heteroatoms. The zero-order valence-electron chi connectivity index (χ0n) is 27.2. The van der Waals surface area contributed by atoms with Crippen LogP contribution < -0.4 is 9.47 Å². The molecule has 3 aromatic rings. The van der Waals surface area contributed by atoms with Crippen molar-refractivity contribution in [3.8, 4) is 34.4 Å². The third kappa shape index (κ3) is 9.51. The molecule has 2 aliphatic rings. The van der Waals surface area contributed by atoms with Crippen molar-refractivity contribution in [2.75, 3.05) is 0 Å². The van der Waals surface area contributed by atoms with Gasteiger partial charge in [-0.05, 0) is 112 Å². The van der Waals surface area contributed by atoms with Crippen LogP contribution in [0.3, 0.4) is 0 Å². The topological polar surface area (TPSA) is 91.5 Å². The molecule has 2 saturated carbocycles. The number of benzene rings is 2. The normalized spacial score (nSPS) is 21.7. The van der Waals surface area contributed by atoms with E-state index < -0.39 is 0 Å². The summed E-state index contributed by atoms with van der Waals surface area (Å²) in [6.07, 6.45) is 18.4. The Kier molecular flexibility index (Phi) is 12.2. The van der Waals surface area contributed by atoms with E-state index in [1.165, 1.54) is 51.4 Å². The Morgan fingerprint density at radius 1 is 0.600 bits per heavy atom. The quantitative estimate of drug-likeness (QED) is 0.101. The Hall–Kier alpha value is -3.48. The molecule has 0 unspecified atom stereocenters. The second kappa shape index (κ2) is 16.7. The van der Waals surface area contributed by atoms with Gasteiger partial charge in [0.15, 0.2) is 0 Å². The molecule has 1 heterocycles. The summed E-state index contributed by atoms with van der Waals surface area (Å²) in [6.45, 7) is 4.47. The van der Waals surface area contributed by atoms with Crippen molar-refractivity contribution in [3.63, 3.8) is 0 Å². The first-order valence-electron chi connectivity index (χ1n) is 17.5. The van der Waals surface area contributed by atoms with Gasteiger partial charge in [0.25, 0.3) is 0 Å². The summed E-state index contributed by atoms with van der Waals surface area (Å²) >= 11 is 0. The number of unbranched alkanes of at least 4 members (excludes halogenated alkanes) is 4. The zero-order chi connectivity index (χ0) is 31.4. The van der Waals surface area contributed by atoms with Gasteiger partial charge >= 0.3 is 11.9 Å². The van der Waals surface area contributed by atoms with E-state index >= 15 is 0 Å². The van der Waals surface area contributed by atoms with Gasteiger partial charge in [-0.2, -0.15) is 0 Å². The number of rotatable bonds is 14. The fourth-order valence-electron chi connectivity index (χ4n) is 6.93. The highest BCUT2D eigenvalue weighted by molar-refractivity contribution is 5.76. The number of aromatic nitrogens is 2. The number of ether oxygens (including phenoxy) is 2. The largest absolute Gasteiger partial charge is 0.426 e. The van der Waals surface area contributed by atoms with Gasteiger partial charge in [-0.25, -0.2) is 0 Å². The average molecular weight is 615 g/mol. The fraction of sp³-hybridized carbons (Fsp3) is 0.579. The number of nitrogens with zero attached hydrogens (tertiary/aromatic N) is 2. The van der Waals surface area contributed by atoms with Gasteiger partial charge in [0, 0.05) is 11.1 Å². The Balaban J connectivity index is 1.07. The molecule has 2 fully saturated rings. The zero-order valence-corrected chi connectivity index (χ0v) is 27.2. The van der Waals surface area contributed by atoms with Crippen LogP contribution in [0.5, 0.6) is 11.5 Å². The maximum Gasteiger partial charge on any atom is 0.314 e. The summed E-state index contributed by atoms with van der Waals surface area (Å²) in [4.78, 5) is 25.5. The van der Waals surface area contributed by atoms with Crippen LogP contribution in [0.4, 0.5) is 0 Å². The molecule has 242 valence electrons. The molecule has 0 bridgehead atoms. The van der Waals surface area contributed by atoms with Crippen LogP contribution in [-0.2, 0) is 9.59 Å². The molecule has 0 N–H and O–H groups in total. The standard InChI is InChI=1S/C38H50N2O5/c1-3-5-7-9-27-11-15-31(16-12-27)37(41)43-33-23-19-29(20-24-33)35-39-40-36(45-35)30-21-25-34(26-22-30)44-38(42)32-17-13-28(14-18-32)10-8-6-4-2/h19-28,31-32H,3-18H2,1-2H3. The summed E-state index contributed by atoms with van der Waals surface area (Å²) in [6, 6.07) is 14.4. The molecule has 45 heavy (non-hydrogen) atoms. The van der Waals surface area contributed by atoms with E-state index in [2.05, 4.69) is 24.0 Å². The number of carbonyl (C=O) groups is 2. The number of hydrogen-bond acceptors (Lipinski definition) is 7. The lowest BCUT2D eigenvalue weighted by Gasteiger charge is -2.27. The second-order valence-electron chi connectivity index (χ2n) is 13.2. The molecule has 0 saturated heterocycles. The minimum Gasteiger partial charge on any atom is -0.426 e. The van der Waals surface area contributed by atoms with Gasteiger partial charge in [0.2, 0.25) is 11.8 Å². The van der Waals surface area contributed by atoms with Gasteiger partial charge in [0.05, 0.1) is 11.8 Å². The summed E-state index contributed by atoms with van der Waals surface area (Å²) in [5, 5.41) is 8.42. The highest BCUT2D eigenvalue weighted by Gasteiger charge is 2.29. The van der Waals surface area contributed by atoms with E-state index in [0.29, 0.717) is 23.3 Å². The monoisotopic (exact) mass is 614 g/mol. The number of hydrogen-bond donors (Lipinski definition) is 0. The summed E-state index contributed by atoms with van der Waals surface area (Å²) < 4.78 is 17.4. The summed E-state index contributed by atoms with van der Waals surface area (Å²) in [5.41, 5.74) is 1.48. The van der Waals surface area contributed by atoms with Gasteiger partial charge in [-0.3, -0.25) is 9.59 Å². The lowest BCUT2D eigenvalue weighted by molar-refractivity contribution is -0.141. The van der Waals surface area contributed by atoms with E-state index in [9.17, 15) is 9.59 Å². The Labute approximate surface area is 268 Å². The maximum absolute atomic E-state index is 12.8. The van der Waals surface area contributed by atoms with Crippen LogP contribution in [0.25, 0.3) is 22.9 Å². The van der Waals surface area contributed by atoms with E-state index in [1.54, 1.807) is 24.3 Å². The third-order valence-corrected chi connectivity index (χ3v) is 9.86. The number of carbonyl (C=O) groups excluding carboxylic acids is 2. The van der Waals surface area contributed by atoms with E-state index in [0.717, 1.165) is 74.3 Å². The smallest absolute Gasteiger partial charge is 0.314 e. The second-order valence-corrected chi connectivity index (χ2v) is 13.2. The molecule has 0 radical (unpaired) electrons. The minimum absolute atomic E-state index is 0.0133. The first-order valence-corrected chi connectivity index (χ1v) is 17.5. The molecule has 7 nitrogen and oxygen atoms in total. The van der Waals surface area contributed by atoms with Crippen LogP contribution in [0.1, 0.15) is 117 Å². The summed E-state index contributed by atoms with van der Waals surface area (Å²) in [7, 11) is 0. The van der Waals surface area contributed by atoms with Crippen molar-refractivity contribution in [1.29, 1.82) is 0 Å². The first-order chi connectivity index (χ1) is 22.0. The van der Waals surface area contributed by atoms with Crippen molar-refractivity contribution in [2.24, 2.45) is 23.7 Å². The van der Waals surface area contributed by atoms with Crippen LogP contribution in [0.2, 0.25) is 0 Å². The van der Waals surface area contributed by atoms with Gasteiger partial charge in [-0.1, -0.05) is 65.2 Å². The van der Waals surface area contributed by atoms with Crippen LogP contribution in [-0.4, -0.2) is 22.1 Å². The van der Waals surface area contributed by atoms with Crippen molar-refractivity contribution in [3.05, 3.63) is 48.5 Å². The van der Waals surface area contributed by atoms with Gasteiger partial charge < -0.3 is 13.9 Å². The predicted molar refractivity (Wildman–Crippen MR) is 176 cm³/mol. The molecular formula is C38H50N2O5. The van der Waals surface area contributed by atoms with Crippen molar-refractivity contribution in [2.45, 2.75) is 117 Å². The maximum atomic E-state index is 12.8. The van der Waals surface area contributed by atoms with Crippen LogP contribution in [0, 0.1) is 23.7 Å². The van der Waals surface area contributed by atoms with Crippen LogP contribution in [0.15, 0.2) is 52.9 Å². The van der Waals surface area contributed by atoms with Crippen molar-refractivity contribution < 1.29 is 23.5 Å². The van der Waals surface area contributed by atoms with Crippen molar-refractivity contribution >= 4 is 11.9 Å². The lowest BCUT2D eigenvalue weighted by Crippen LogP contribution is -2.25. The molecular weight excluding hydrogens is 564 g/mol. The Bertz CT molecular complexity index is 1230. The Morgan fingerprint density at radius 2 is 0.978 bits per heavy atom. The molecule has 5 rings (SSSR count). The van der Waals surface area contributed by atoms with Crippen LogP contribution >= 0.6 is 0 Å². The molecule has 0 atom stereocenters. The van der Waals surface area contributed by atoms with Gasteiger partial charge in [0.1, 0.15) is 11.5 Å². The first kappa shape index (κ1) is 32.9. The molecule has 0 amide bonds. The molecule has 2 aromatic carbocycles. The SMILES string of the molecule is CCCCCC1CCC(C(=O)Oc2ccc(-c3nnc(-c4ccc(OC(=O)C5CCC(CCCCC)CC5)cc4)o3)cc2)CC1. The molecule has 2 aliphatic carbocycles. The predicted octanol–water partition coefficient (Wildman–Crippen LogP) is 9.99. The van der Waals surface area contributed by atoms with E-state index in [-0.39, 0.29) is 23.8 Å². The average Bonchev–Trinajstić information content (AvgIpc) is 3.57. The molecule has 0 spiro atoms.